The van der Waals surface area contributed by atoms with Gasteiger partial charge in [0.15, 0.2) is 0 Å². The van der Waals surface area contributed by atoms with Crippen LogP contribution in [0.3, 0.4) is 0 Å². The van der Waals surface area contributed by atoms with Crippen molar-refractivity contribution in [3.63, 3.8) is 0 Å². The highest BCUT2D eigenvalue weighted by molar-refractivity contribution is 5.69. The van der Waals surface area contributed by atoms with Gasteiger partial charge in [0.05, 0.1) is 7.11 Å². The van der Waals surface area contributed by atoms with Crippen molar-refractivity contribution in [2.75, 3.05) is 7.11 Å². The molecule has 0 heterocycles. The Morgan fingerprint density at radius 2 is 2.10 bits per heavy atom. The molecule has 3 aliphatic carbocycles. The van der Waals surface area contributed by atoms with Gasteiger partial charge in [-0.1, -0.05) is 26.0 Å². The Morgan fingerprint density at radius 1 is 1.35 bits per heavy atom. The second-order valence-corrected chi connectivity index (χ2v) is 7.10. The van der Waals surface area contributed by atoms with Crippen molar-refractivity contribution in [2.45, 2.75) is 58.4 Å². The van der Waals surface area contributed by atoms with Gasteiger partial charge >= 0.3 is 5.97 Å². The molecular formula is C17H29NO2. The van der Waals surface area contributed by atoms with Crippen LogP contribution in [0.15, 0.2) is 12.2 Å². The molecule has 3 fully saturated rings. The summed E-state index contributed by atoms with van der Waals surface area (Å²) in [5.41, 5.74) is 6.82. The van der Waals surface area contributed by atoms with Crippen molar-refractivity contribution < 1.29 is 9.53 Å². The van der Waals surface area contributed by atoms with E-state index in [9.17, 15) is 4.79 Å². The Kier molecular flexibility index (Phi) is 4.90. The van der Waals surface area contributed by atoms with Crippen molar-refractivity contribution in [2.24, 2.45) is 28.9 Å². The molecule has 20 heavy (non-hydrogen) atoms. The summed E-state index contributed by atoms with van der Waals surface area (Å²) in [7, 11) is 1.44. The number of hydrogen-bond donors (Lipinski definition) is 1. The van der Waals surface area contributed by atoms with E-state index >= 15 is 0 Å². The lowest BCUT2D eigenvalue weighted by atomic mass is 9.44. The van der Waals surface area contributed by atoms with Crippen LogP contribution in [-0.4, -0.2) is 19.1 Å². The SMILES string of the molecule is COC(=O)CCCC=CC[C@@H]1[C@H](N)C[C@H]2C[C@@H]1C2(C)C. The molecule has 0 aromatic heterocycles. The number of allylic oxidation sites excluding steroid dienone is 2. The molecule has 0 unspecified atom stereocenters. The average Bonchev–Trinajstić information content (AvgIpc) is 2.43. The number of ether oxygens (including phenoxy) is 1. The lowest BCUT2D eigenvalue weighted by Gasteiger charge is -2.62. The summed E-state index contributed by atoms with van der Waals surface area (Å²) in [4.78, 5) is 11.0. The average molecular weight is 279 g/mol. The summed E-state index contributed by atoms with van der Waals surface area (Å²) in [6.07, 6.45) is 10.5. The lowest BCUT2D eigenvalue weighted by molar-refractivity contribution is -0.140. The number of hydrogen-bond acceptors (Lipinski definition) is 3. The van der Waals surface area contributed by atoms with Gasteiger partial charge in [0, 0.05) is 12.5 Å². The highest BCUT2D eigenvalue weighted by Gasteiger charge is 2.56. The van der Waals surface area contributed by atoms with Gasteiger partial charge in [-0.05, 0) is 55.3 Å². The quantitative estimate of drug-likeness (QED) is 0.461. The van der Waals surface area contributed by atoms with Crippen LogP contribution in [0.2, 0.25) is 0 Å². The number of fused-ring (bicyclic) bond motifs is 2. The predicted molar refractivity (Wildman–Crippen MR) is 81.1 cm³/mol. The summed E-state index contributed by atoms with van der Waals surface area (Å²) in [6, 6.07) is 0.381. The second-order valence-electron chi connectivity index (χ2n) is 7.10. The van der Waals surface area contributed by atoms with Crippen LogP contribution in [0, 0.1) is 23.2 Å². The first-order valence-electron chi connectivity index (χ1n) is 7.94. The first-order valence-corrected chi connectivity index (χ1v) is 7.94. The van der Waals surface area contributed by atoms with E-state index in [0.29, 0.717) is 23.8 Å². The molecule has 114 valence electrons. The normalized spacial score (nSPS) is 34.8. The number of rotatable bonds is 6. The molecule has 2 N–H and O–H groups in total. The summed E-state index contributed by atoms with van der Waals surface area (Å²) >= 11 is 0. The van der Waals surface area contributed by atoms with E-state index in [1.807, 2.05) is 0 Å². The van der Waals surface area contributed by atoms with Gasteiger partial charge in [-0.2, -0.15) is 0 Å². The van der Waals surface area contributed by atoms with Crippen LogP contribution in [0.5, 0.6) is 0 Å². The molecule has 0 radical (unpaired) electrons. The minimum atomic E-state index is -0.116. The Morgan fingerprint density at radius 3 is 2.75 bits per heavy atom. The molecule has 0 aliphatic heterocycles. The zero-order valence-corrected chi connectivity index (χ0v) is 13.1. The molecule has 3 heteroatoms. The summed E-state index contributed by atoms with van der Waals surface area (Å²) in [5, 5.41) is 0. The molecular weight excluding hydrogens is 250 g/mol. The van der Waals surface area contributed by atoms with E-state index in [2.05, 4.69) is 30.7 Å². The zero-order valence-electron chi connectivity index (χ0n) is 13.1. The monoisotopic (exact) mass is 279 g/mol. The molecule has 4 atom stereocenters. The van der Waals surface area contributed by atoms with Crippen LogP contribution in [-0.2, 0) is 9.53 Å². The van der Waals surface area contributed by atoms with E-state index in [4.69, 9.17) is 5.73 Å². The Labute approximate surface area is 122 Å². The zero-order chi connectivity index (χ0) is 14.8. The topological polar surface area (TPSA) is 52.3 Å². The molecule has 3 saturated carbocycles. The molecule has 0 saturated heterocycles. The number of carbonyl (C=O) groups is 1. The van der Waals surface area contributed by atoms with Gasteiger partial charge in [-0.15, -0.1) is 0 Å². The van der Waals surface area contributed by atoms with E-state index in [0.717, 1.165) is 31.1 Å². The second kappa shape index (κ2) is 6.30. The molecule has 3 rings (SSSR count). The Balaban J connectivity index is 1.72. The minimum Gasteiger partial charge on any atom is -0.469 e. The van der Waals surface area contributed by atoms with Gasteiger partial charge in [0.2, 0.25) is 0 Å². The number of esters is 1. The fourth-order valence-corrected chi connectivity index (χ4v) is 4.16. The third-order valence-electron chi connectivity index (χ3n) is 5.72. The molecule has 2 bridgehead atoms. The van der Waals surface area contributed by atoms with Crippen molar-refractivity contribution in [1.29, 1.82) is 0 Å². The van der Waals surface area contributed by atoms with E-state index in [1.54, 1.807) is 0 Å². The number of nitrogens with two attached hydrogens (primary N) is 1. The molecule has 0 amide bonds. The fourth-order valence-electron chi connectivity index (χ4n) is 4.16. The first-order chi connectivity index (χ1) is 9.46. The van der Waals surface area contributed by atoms with Gasteiger partial charge < -0.3 is 10.5 Å². The molecule has 3 nitrogen and oxygen atoms in total. The summed E-state index contributed by atoms with van der Waals surface area (Å²) in [5.74, 6) is 2.18. The molecule has 3 aliphatic rings. The highest BCUT2D eigenvalue weighted by atomic mass is 16.5. The van der Waals surface area contributed by atoms with Crippen molar-refractivity contribution in [3.8, 4) is 0 Å². The van der Waals surface area contributed by atoms with Crippen molar-refractivity contribution in [1.82, 2.24) is 0 Å². The van der Waals surface area contributed by atoms with Crippen LogP contribution in [0.25, 0.3) is 0 Å². The van der Waals surface area contributed by atoms with E-state index < -0.39 is 0 Å². The predicted octanol–water partition coefficient (Wildman–Crippen LogP) is 3.29. The van der Waals surface area contributed by atoms with E-state index in [-0.39, 0.29) is 5.97 Å². The van der Waals surface area contributed by atoms with Gasteiger partial charge in [-0.3, -0.25) is 4.79 Å². The van der Waals surface area contributed by atoms with E-state index in [1.165, 1.54) is 20.0 Å². The van der Waals surface area contributed by atoms with Gasteiger partial charge in [-0.25, -0.2) is 0 Å². The largest absolute Gasteiger partial charge is 0.469 e. The molecule has 0 aromatic rings. The first kappa shape index (κ1) is 15.6. The van der Waals surface area contributed by atoms with Crippen LogP contribution < -0.4 is 5.73 Å². The lowest BCUT2D eigenvalue weighted by Crippen LogP contribution is -2.59. The maximum absolute atomic E-state index is 11.0. The summed E-state index contributed by atoms with van der Waals surface area (Å²) < 4.78 is 4.63. The number of carbonyl (C=O) groups excluding carboxylic acids is 1. The van der Waals surface area contributed by atoms with Crippen molar-refractivity contribution >= 4 is 5.97 Å². The summed E-state index contributed by atoms with van der Waals surface area (Å²) in [6.45, 7) is 4.82. The third kappa shape index (κ3) is 3.08. The minimum absolute atomic E-state index is 0.116. The maximum atomic E-state index is 11.0. The number of methoxy groups -OCH3 is 1. The van der Waals surface area contributed by atoms with Crippen LogP contribution >= 0.6 is 0 Å². The van der Waals surface area contributed by atoms with Crippen molar-refractivity contribution in [3.05, 3.63) is 12.2 Å². The van der Waals surface area contributed by atoms with Gasteiger partial charge in [0.1, 0.15) is 0 Å². The Hall–Kier alpha value is -0.830. The fraction of sp³-hybridized carbons (Fsp3) is 0.824. The smallest absolute Gasteiger partial charge is 0.305 e. The maximum Gasteiger partial charge on any atom is 0.305 e. The van der Waals surface area contributed by atoms with Crippen LogP contribution in [0.4, 0.5) is 0 Å². The van der Waals surface area contributed by atoms with Crippen LogP contribution in [0.1, 0.15) is 52.4 Å². The number of unbranched alkanes of at least 4 members (excludes halogenated alkanes) is 1. The standard InChI is InChI=1S/C17H29NO2/c1-17(2)12-10-14(17)13(15(18)11-12)8-6-4-5-7-9-16(19)20-3/h4,6,12-15H,5,7-11,18H2,1-3H3/t12-,13+,14+,15-/m1/s1. The molecule has 0 aromatic carbocycles. The van der Waals surface area contributed by atoms with Gasteiger partial charge in [0.25, 0.3) is 0 Å². The highest BCUT2D eigenvalue weighted by Crippen LogP contribution is 2.61. The third-order valence-corrected chi connectivity index (χ3v) is 5.72. The molecule has 0 spiro atoms. The Bertz CT molecular complexity index is 375.